The summed E-state index contributed by atoms with van der Waals surface area (Å²) in [5.74, 6) is -1.13. The summed E-state index contributed by atoms with van der Waals surface area (Å²) >= 11 is 0. The highest BCUT2D eigenvalue weighted by atomic mass is 31.2. The first kappa shape index (κ1) is 51.1. The van der Waals surface area contributed by atoms with Gasteiger partial charge in [-0.3, -0.25) is 18.6 Å². The molecule has 0 aromatic heterocycles. The third-order valence-electron chi connectivity index (χ3n) is 9.48. The number of phosphoric acid groups is 1. The number of aliphatic hydroxyl groups is 5. The van der Waals surface area contributed by atoms with E-state index in [1.165, 1.54) is 38.5 Å². The van der Waals surface area contributed by atoms with Gasteiger partial charge in [0.15, 0.2) is 6.10 Å². The molecule has 0 aromatic rings. The SMILES string of the molecule is CCCC/C=C/CCCCCCCC(=O)O[C@H](COC(=O)CCCCCCC/C=C/C=C/CCCCCC)COP(=O)(O)OC1C(O)C(O)C(O)[C@@H](O)C1O. The second kappa shape index (κ2) is 32.1. The van der Waals surface area contributed by atoms with Crippen LogP contribution in [0.5, 0.6) is 0 Å². The van der Waals surface area contributed by atoms with Gasteiger partial charge in [0, 0.05) is 12.8 Å². The van der Waals surface area contributed by atoms with Gasteiger partial charge in [-0.05, 0) is 57.8 Å². The quantitative estimate of drug-likeness (QED) is 0.0129. The molecule has 1 saturated carbocycles. The molecule has 0 bridgehead atoms. The first-order chi connectivity index (χ1) is 26.4. The van der Waals surface area contributed by atoms with Crippen LogP contribution < -0.4 is 0 Å². The fourth-order valence-corrected chi connectivity index (χ4v) is 6.99. The Morgan fingerprint density at radius 1 is 0.564 bits per heavy atom. The van der Waals surface area contributed by atoms with Crippen LogP contribution in [0.25, 0.3) is 0 Å². The van der Waals surface area contributed by atoms with Crippen LogP contribution in [0.1, 0.15) is 155 Å². The van der Waals surface area contributed by atoms with Gasteiger partial charge in [-0.2, -0.15) is 0 Å². The lowest BCUT2D eigenvalue weighted by molar-refractivity contribution is -0.220. The topological polar surface area (TPSA) is 210 Å². The Morgan fingerprint density at radius 2 is 1.00 bits per heavy atom. The van der Waals surface area contributed by atoms with E-state index >= 15 is 0 Å². The number of rotatable bonds is 33. The zero-order chi connectivity index (χ0) is 40.7. The highest BCUT2D eigenvalue weighted by molar-refractivity contribution is 7.47. The maximum atomic E-state index is 12.8. The molecule has 14 heteroatoms. The Labute approximate surface area is 329 Å². The minimum atomic E-state index is -5.12. The van der Waals surface area contributed by atoms with E-state index in [-0.39, 0.29) is 12.8 Å². The molecule has 0 amide bonds. The first-order valence-corrected chi connectivity index (χ1v) is 22.3. The molecule has 8 atom stereocenters. The molecule has 1 fully saturated rings. The van der Waals surface area contributed by atoms with Crippen molar-refractivity contribution in [1.29, 1.82) is 0 Å². The molecule has 320 valence electrons. The Balaban J connectivity index is 2.52. The molecule has 0 aliphatic heterocycles. The lowest BCUT2D eigenvalue weighted by Crippen LogP contribution is -2.64. The largest absolute Gasteiger partial charge is 0.472 e. The molecule has 55 heavy (non-hydrogen) atoms. The normalized spacial score (nSPS) is 23.4. The highest BCUT2D eigenvalue weighted by Crippen LogP contribution is 2.47. The second-order valence-electron chi connectivity index (χ2n) is 14.5. The van der Waals surface area contributed by atoms with Crippen LogP contribution in [0.15, 0.2) is 36.5 Å². The third-order valence-corrected chi connectivity index (χ3v) is 10.5. The van der Waals surface area contributed by atoms with Crippen LogP contribution in [-0.2, 0) is 32.7 Å². The molecule has 0 radical (unpaired) electrons. The molecule has 0 spiro atoms. The number of aliphatic hydroxyl groups excluding tert-OH is 5. The molecule has 1 aliphatic carbocycles. The Bertz CT molecular complexity index is 1110. The lowest BCUT2D eigenvalue weighted by Gasteiger charge is -2.41. The van der Waals surface area contributed by atoms with E-state index in [2.05, 4.69) is 50.3 Å². The molecular weight excluding hydrogens is 731 g/mol. The summed E-state index contributed by atoms with van der Waals surface area (Å²) < 4.78 is 33.4. The second-order valence-corrected chi connectivity index (χ2v) is 15.9. The average molecular weight is 805 g/mol. The molecule has 1 rings (SSSR count). The number of hydrogen-bond acceptors (Lipinski definition) is 12. The van der Waals surface area contributed by atoms with Crippen LogP contribution in [-0.4, -0.2) is 98.3 Å². The summed E-state index contributed by atoms with van der Waals surface area (Å²) in [6.07, 6.45) is 20.7. The predicted octanol–water partition coefficient (Wildman–Crippen LogP) is 7.05. The lowest BCUT2D eigenvalue weighted by atomic mass is 9.85. The molecule has 6 N–H and O–H groups in total. The summed E-state index contributed by atoms with van der Waals surface area (Å²) in [7, 11) is -5.12. The number of carbonyl (C=O) groups is 2. The van der Waals surface area contributed by atoms with E-state index in [4.69, 9.17) is 18.5 Å². The molecule has 0 aromatic carbocycles. The fraction of sp³-hybridized carbons (Fsp3) is 0.805. The summed E-state index contributed by atoms with van der Waals surface area (Å²) in [5, 5.41) is 50.0. The molecule has 1 aliphatic rings. The van der Waals surface area contributed by atoms with E-state index in [0.717, 1.165) is 77.0 Å². The predicted molar refractivity (Wildman–Crippen MR) is 212 cm³/mol. The monoisotopic (exact) mass is 804 g/mol. The van der Waals surface area contributed by atoms with Crippen molar-refractivity contribution in [3.63, 3.8) is 0 Å². The highest BCUT2D eigenvalue weighted by Gasteiger charge is 2.51. The van der Waals surface area contributed by atoms with Crippen molar-refractivity contribution < 1.29 is 63.1 Å². The standard InChI is InChI=1S/C41H73O13P/c1-3-5-7-9-11-13-15-16-17-18-20-21-23-25-27-29-34(42)51-31-33(53-35(43)30-28-26-24-22-19-14-12-10-8-6-4-2)32-52-55(49,50)54-41-39(47)37(45)36(44)38(46)40(41)48/h10,12-13,15-17,33,36-41,44-48H,3-9,11,14,18-32H2,1-2H3,(H,49,50)/b12-10+,15-13+,17-16+/t33-,36?,37-,38?,39?,40?,41?/m1/s1. The zero-order valence-corrected chi connectivity index (χ0v) is 34.4. The maximum absolute atomic E-state index is 12.8. The van der Waals surface area contributed by atoms with Gasteiger partial charge in [0.25, 0.3) is 0 Å². The maximum Gasteiger partial charge on any atom is 0.472 e. The van der Waals surface area contributed by atoms with Crippen LogP contribution in [0.3, 0.4) is 0 Å². The van der Waals surface area contributed by atoms with Gasteiger partial charge < -0.3 is 39.9 Å². The Morgan fingerprint density at radius 3 is 1.55 bits per heavy atom. The van der Waals surface area contributed by atoms with Gasteiger partial charge >= 0.3 is 19.8 Å². The molecular formula is C41H73O13P. The van der Waals surface area contributed by atoms with Gasteiger partial charge in [0.05, 0.1) is 6.61 Å². The molecule has 0 saturated heterocycles. The minimum Gasteiger partial charge on any atom is -0.462 e. The van der Waals surface area contributed by atoms with Gasteiger partial charge in [-0.15, -0.1) is 0 Å². The van der Waals surface area contributed by atoms with Crippen molar-refractivity contribution in [3.8, 4) is 0 Å². The summed E-state index contributed by atoms with van der Waals surface area (Å²) in [4.78, 5) is 35.5. The number of allylic oxidation sites excluding steroid dienone is 6. The first-order valence-electron chi connectivity index (χ1n) is 20.8. The van der Waals surface area contributed by atoms with Gasteiger partial charge in [0.1, 0.15) is 43.2 Å². The van der Waals surface area contributed by atoms with Crippen LogP contribution in [0.2, 0.25) is 0 Å². The van der Waals surface area contributed by atoms with Crippen molar-refractivity contribution in [3.05, 3.63) is 36.5 Å². The summed E-state index contributed by atoms with van der Waals surface area (Å²) in [6, 6.07) is 0. The van der Waals surface area contributed by atoms with Crippen LogP contribution >= 0.6 is 7.82 Å². The summed E-state index contributed by atoms with van der Waals surface area (Å²) in [5.41, 5.74) is 0. The Kier molecular flexibility index (Phi) is 29.8. The van der Waals surface area contributed by atoms with Crippen molar-refractivity contribution in [2.24, 2.45) is 0 Å². The van der Waals surface area contributed by atoms with Crippen molar-refractivity contribution in [2.45, 2.75) is 198 Å². The van der Waals surface area contributed by atoms with E-state index < -0.39 is 75.7 Å². The molecule has 6 unspecified atom stereocenters. The Hall–Kier alpha value is -1.93. The number of phosphoric ester groups is 1. The van der Waals surface area contributed by atoms with Gasteiger partial charge in [0.2, 0.25) is 0 Å². The van der Waals surface area contributed by atoms with E-state index in [0.29, 0.717) is 12.8 Å². The van der Waals surface area contributed by atoms with Gasteiger partial charge in [-0.25, -0.2) is 4.57 Å². The fourth-order valence-electron chi connectivity index (χ4n) is 6.02. The minimum absolute atomic E-state index is 0.0822. The van der Waals surface area contributed by atoms with Crippen molar-refractivity contribution >= 4 is 19.8 Å². The van der Waals surface area contributed by atoms with Crippen LogP contribution in [0.4, 0.5) is 0 Å². The smallest absolute Gasteiger partial charge is 0.462 e. The average Bonchev–Trinajstić information content (AvgIpc) is 3.16. The number of esters is 2. The van der Waals surface area contributed by atoms with Crippen molar-refractivity contribution in [1.82, 2.24) is 0 Å². The van der Waals surface area contributed by atoms with E-state index in [9.17, 15) is 44.6 Å². The van der Waals surface area contributed by atoms with E-state index in [1.807, 2.05) is 0 Å². The number of ether oxygens (including phenoxy) is 2. The number of unbranched alkanes of at least 4 members (excludes halogenated alkanes) is 16. The van der Waals surface area contributed by atoms with Crippen LogP contribution in [0, 0.1) is 0 Å². The van der Waals surface area contributed by atoms with Gasteiger partial charge in [-0.1, -0.05) is 121 Å². The molecule has 0 heterocycles. The zero-order valence-electron chi connectivity index (χ0n) is 33.5. The molecule has 13 nitrogen and oxygen atoms in total. The third kappa shape index (κ3) is 25.1. The van der Waals surface area contributed by atoms with E-state index in [1.54, 1.807) is 0 Å². The summed E-state index contributed by atoms with van der Waals surface area (Å²) in [6.45, 7) is 3.19. The number of carbonyl (C=O) groups excluding carboxylic acids is 2. The van der Waals surface area contributed by atoms with Crippen molar-refractivity contribution in [2.75, 3.05) is 13.2 Å². The number of hydrogen-bond donors (Lipinski definition) is 6.